The van der Waals surface area contributed by atoms with E-state index in [9.17, 15) is 23.1 Å². The number of nitriles is 1. The number of aliphatic hydroxyl groups is 1. The molecule has 14 heteroatoms. The molecule has 1 amide bonds. The van der Waals surface area contributed by atoms with Crippen LogP contribution in [0.25, 0.3) is 17.0 Å². The molecule has 0 unspecified atom stereocenters. The first-order valence-corrected chi connectivity index (χ1v) is 10.5. The Morgan fingerprint density at radius 1 is 1.19 bits per heavy atom. The number of anilines is 2. The maximum absolute atomic E-state index is 14.1. The minimum Gasteiger partial charge on any atom is -0.387 e. The first-order valence-electron chi connectivity index (χ1n) is 10.5. The van der Waals surface area contributed by atoms with Crippen LogP contribution in [0.5, 0.6) is 0 Å². The molecule has 36 heavy (non-hydrogen) atoms. The molecule has 4 heterocycles. The van der Waals surface area contributed by atoms with Gasteiger partial charge < -0.3 is 15.7 Å². The fourth-order valence-electron chi connectivity index (χ4n) is 3.18. The van der Waals surface area contributed by atoms with Crippen LogP contribution >= 0.6 is 0 Å². The van der Waals surface area contributed by atoms with E-state index < -0.39 is 30.8 Å². The summed E-state index contributed by atoms with van der Waals surface area (Å²) in [7, 11) is 0. The largest absolute Gasteiger partial charge is 0.387 e. The Labute approximate surface area is 202 Å². The van der Waals surface area contributed by atoms with E-state index in [0.717, 1.165) is 12.4 Å². The number of hydrogen-bond donors (Lipinski definition) is 3. The van der Waals surface area contributed by atoms with Gasteiger partial charge in [-0.2, -0.15) is 19.1 Å². The zero-order chi connectivity index (χ0) is 26.0. The van der Waals surface area contributed by atoms with Gasteiger partial charge in [-0.1, -0.05) is 0 Å². The zero-order valence-electron chi connectivity index (χ0n) is 19.0. The molecule has 0 aliphatic rings. The second-order valence-electron chi connectivity index (χ2n) is 8.32. The van der Waals surface area contributed by atoms with Crippen molar-refractivity contribution >= 4 is 28.4 Å². The number of pyridine rings is 2. The van der Waals surface area contributed by atoms with E-state index in [1.165, 1.54) is 43.2 Å². The van der Waals surface area contributed by atoms with Crippen molar-refractivity contribution in [2.75, 3.05) is 11.9 Å². The smallest absolute Gasteiger partial charge is 0.333 e. The second kappa shape index (κ2) is 9.62. The Kier molecular flexibility index (Phi) is 6.58. The van der Waals surface area contributed by atoms with Crippen LogP contribution in [0, 0.1) is 11.3 Å². The lowest BCUT2D eigenvalue weighted by molar-refractivity contribution is -0.00177. The van der Waals surface area contributed by atoms with Gasteiger partial charge in [-0.05, 0) is 19.9 Å². The monoisotopic (exact) mass is 499 g/mol. The number of halogens is 3. The minimum atomic E-state index is -2.86. The lowest BCUT2D eigenvalue weighted by atomic mass is 10.0. The Hall–Kier alpha value is -4.51. The van der Waals surface area contributed by atoms with Crippen molar-refractivity contribution in [2.24, 2.45) is 0 Å². The standard InChI is InChI=1S/C22H20F3N9O2/c1-22(2,36)17(23)9-29-20(35)14-8-27-18(4-15(14)32-13-7-31-34(10-13)21(24)25)33-11-30-16-3-12(5-26)6-28-19(16)33/h3-4,6-8,10-11,17,21,36H,9H2,1-2H3,(H,27,32)(H,29,35)/t17-/m1/s1. The Morgan fingerprint density at radius 2 is 1.97 bits per heavy atom. The molecule has 0 bridgehead atoms. The van der Waals surface area contributed by atoms with Gasteiger partial charge in [0, 0.05) is 18.5 Å². The van der Waals surface area contributed by atoms with E-state index in [1.54, 1.807) is 6.07 Å². The number of hydrogen-bond acceptors (Lipinski definition) is 8. The summed E-state index contributed by atoms with van der Waals surface area (Å²) in [6, 6.07) is 4.98. The quantitative estimate of drug-likeness (QED) is 0.335. The van der Waals surface area contributed by atoms with Crippen LogP contribution in [0.4, 0.5) is 24.5 Å². The highest BCUT2D eigenvalue weighted by molar-refractivity contribution is 6.00. The molecular weight excluding hydrogens is 479 g/mol. The summed E-state index contributed by atoms with van der Waals surface area (Å²) in [5, 5.41) is 27.7. The van der Waals surface area contributed by atoms with Crippen LogP contribution in [0.1, 0.15) is 36.3 Å². The van der Waals surface area contributed by atoms with Crippen LogP contribution in [-0.4, -0.2) is 58.6 Å². The van der Waals surface area contributed by atoms with E-state index in [-0.39, 0.29) is 22.8 Å². The lowest BCUT2D eigenvalue weighted by Gasteiger charge is -2.22. The van der Waals surface area contributed by atoms with Crippen molar-refractivity contribution in [3.8, 4) is 11.9 Å². The maximum atomic E-state index is 14.1. The number of carbonyl (C=O) groups is 1. The highest BCUT2D eigenvalue weighted by Gasteiger charge is 2.27. The molecule has 0 fully saturated rings. The van der Waals surface area contributed by atoms with Gasteiger partial charge in [-0.3, -0.25) is 9.36 Å². The lowest BCUT2D eigenvalue weighted by Crippen LogP contribution is -2.42. The SMILES string of the molecule is CC(C)(O)[C@H](F)CNC(=O)c1cnc(-n2cnc3cc(C#N)cnc32)cc1Nc1cnn(C(F)F)c1. The summed E-state index contributed by atoms with van der Waals surface area (Å²) < 4.78 is 42.0. The Balaban J connectivity index is 1.70. The number of carbonyl (C=O) groups excluding carboxylic acids is 1. The number of alkyl halides is 3. The van der Waals surface area contributed by atoms with Gasteiger partial charge in [0.15, 0.2) is 5.65 Å². The predicted octanol–water partition coefficient (Wildman–Crippen LogP) is 2.86. The van der Waals surface area contributed by atoms with Crippen molar-refractivity contribution in [2.45, 2.75) is 32.2 Å². The van der Waals surface area contributed by atoms with Crippen molar-refractivity contribution in [3.05, 3.63) is 54.4 Å². The summed E-state index contributed by atoms with van der Waals surface area (Å²) in [6.45, 7) is -0.779. The normalized spacial score (nSPS) is 12.5. The molecule has 0 spiro atoms. The first kappa shape index (κ1) is 24.6. The molecular formula is C22H20F3N9O2. The number of aromatic nitrogens is 6. The molecule has 11 nitrogen and oxygen atoms in total. The summed E-state index contributed by atoms with van der Waals surface area (Å²) in [5.41, 5.74) is -0.221. The van der Waals surface area contributed by atoms with Gasteiger partial charge in [0.25, 0.3) is 5.91 Å². The molecule has 0 aromatic carbocycles. The fraction of sp³-hybridized carbons (Fsp3) is 0.273. The van der Waals surface area contributed by atoms with Crippen molar-refractivity contribution in [1.29, 1.82) is 5.26 Å². The van der Waals surface area contributed by atoms with Crippen molar-refractivity contribution in [3.63, 3.8) is 0 Å². The highest BCUT2D eigenvalue weighted by atomic mass is 19.3. The number of nitrogens with one attached hydrogen (secondary N) is 2. The molecule has 0 aliphatic heterocycles. The fourth-order valence-corrected chi connectivity index (χ4v) is 3.18. The highest BCUT2D eigenvalue weighted by Crippen LogP contribution is 2.25. The van der Waals surface area contributed by atoms with Crippen LogP contribution in [0.15, 0.2) is 43.2 Å². The van der Waals surface area contributed by atoms with E-state index >= 15 is 0 Å². The van der Waals surface area contributed by atoms with Gasteiger partial charge >= 0.3 is 6.55 Å². The van der Waals surface area contributed by atoms with Gasteiger partial charge in [0.2, 0.25) is 0 Å². The first-order chi connectivity index (χ1) is 17.1. The molecule has 4 aromatic heterocycles. The Morgan fingerprint density at radius 3 is 2.64 bits per heavy atom. The van der Waals surface area contributed by atoms with Crippen LogP contribution in [-0.2, 0) is 0 Å². The average molecular weight is 499 g/mol. The minimum absolute atomic E-state index is 0.0179. The summed E-state index contributed by atoms with van der Waals surface area (Å²) >= 11 is 0. The molecule has 186 valence electrons. The molecule has 4 rings (SSSR count). The van der Waals surface area contributed by atoms with Crippen LogP contribution < -0.4 is 10.6 Å². The third kappa shape index (κ3) is 5.10. The van der Waals surface area contributed by atoms with E-state index in [4.69, 9.17) is 5.26 Å². The molecule has 0 saturated carbocycles. The van der Waals surface area contributed by atoms with Crippen molar-refractivity contribution < 1.29 is 23.1 Å². The number of nitrogens with zero attached hydrogens (tertiary/aromatic N) is 7. The third-order valence-corrected chi connectivity index (χ3v) is 5.19. The zero-order valence-corrected chi connectivity index (χ0v) is 19.0. The Bertz CT molecular complexity index is 1450. The average Bonchev–Trinajstić information content (AvgIpc) is 3.48. The van der Waals surface area contributed by atoms with E-state index in [0.29, 0.717) is 21.4 Å². The number of rotatable bonds is 8. The second-order valence-corrected chi connectivity index (χ2v) is 8.32. The molecule has 4 aromatic rings. The summed E-state index contributed by atoms with van der Waals surface area (Å²) in [4.78, 5) is 25.6. The van der Waals surface area contributed by atoms with Crippen LogP contribution in [0.3, 0.4) is 0 Å². The topological polar surface area (TPSA) is 147 Å². The third-order valence-electron chi connectivity index (χ3n) is 5.19. The number of imidazole rings is 1. The predicted molar refractivity (Wildman–Crippen MR) is 122 cm³/mol. The van der Waals surface area contributed by atoms with Gasteiger partial charge in [0.1, 0.15) is 29.9 Å². The number of fused-ring (bicyclic) bond motifs is 1. The van der Waals surface area contributed by atoms with Crippen LogP contribution in [0.2, 0.25) is 0 Å². The van der Waals surface area contributed by atoms with E-state index in [1.807, 2.05) is 6.07 Å². The van der Waals surface area contributed by atoms with Crippen molar-refractivity contribution in [1.82, 2.24) is 34.6 Å². The summed E-state index contributed by atoms with van der Waals surface area (Å²) in [6.07, 6.45) is 4.48. The number of amides is 1. The molecule has 3 N–H and O–H groups in total. The van der Waals surface area contributed by atoms with Gasteiger partial charge in [-0.25, -0.2) is 24.0 Å². The van der Waals surface area contributed by atoms with Gasteiger partial charge in [0.05, 0.1) is 47.0 Å². The summed E-state index contributed by atoms with van der Waals surface area (Å²) in [5.74, 6) is -0.438. The molecule has 0 saturated heterocycles. The molecule has 0 radical (unpaired) electrons. The molecule has 1 atom stereocenters. The van der Waals surface area contributed by atoms with Gasteiger partial charge in [-0.15, -0.1) is 0 Å². The molecule has 0 aliphatic carbocycles. The maximum Gasteiger partial charge on any atom is 0.333 e. The van der Waals surface area contributed by atoms with E-state index in [2.05, 4.69) is 30.7 Å².